The topological polar surface area (TPSA) is 94.0 Å². The maximum absolute atomic E-state index is 13.4. The van der Waals surface area contributed by atoms with Crippen molar-refractivity contribution in [2.75, 3.05) is 18.1 Å². The van der Waals surface area contributed by atoms with Crippen LogP contribution in [0.3, 0.4) is 0 Å². The third-order valence-corrected chi connectivity index (χ3v) is 6.02. The second-order valence-electron chi connectivity index (χ2n) is 6.99. The molecule has 0 unspecified atom stereocenters. The molecule has 0 saturated heterocycles. The number of sulfone groups is 1. The lowest BCUT2D eigenvalue weighted by Gasteiger charge is -2.22. The highest BCUT2D eigenvalue weighted by Crippen LogP contribution is 2.30. The van der Waals surface area contributed by atoms with Crippen LogP contribution < -0.4 is 5.32 Å². The van der Waals surface area contributed by atoms with Gasteiger partial charge in [-0.3, -0.25) is 4.79 Å². The molecule has 10 heteroatoms. The first-order valence-corrected chi connectivity index (χ1v) is 11.0. The van der Waals surface area contributed by atoms with Gasteiger partial charge in [-0.25, -0.2) is 22.2 Å². The summed E-state index contributed by atoms with van der Waals surface area (Å²) in [6.07, 6.45) is 5.16. The highest BCUT2D eigenvalue weighted by Gasteiger charge is 2.26. The molecule has 2 heterocycles. The molecule has 1 saturated carbocycles. The van der Waals surface area contributed by atoms with Gasteiger partial charge in [-0.1, -0.05) is 19.3 Å². The highest BCUT2D eigenvalue weighted by molar-refractivity contribution is 7.90. The molecule has 1 N–H and O–H groups in total. The summed E-state index contributed by atoms with van der Waals surface area (Å²) in [5.74, 6) is 0.691. The third kappa shape index (κ3) is 4.37. The standard InChI is InChI=1S/C18H22F2N4O3S/c1-28(26,27)13-7-8-15(21-10-13)24-18(14(11-25)16(23-24)17(19)20)22-9-12-5-3-2-4-6-12/h7-8,10-12,17,22H,2-6,9H2,1H3. The summed E-state index contributed by atoms with van der Waals surface area (Å²) in [6, 6.07) is 2.70. The Morgan fingerprint density at radius 2 is 2.00 bits per heavy atom. The van der Waals surface area contributed by atoms with E-state index in [-0.39, 0.29) is 22.1 Å². The van der Waals surface area contributed by atoms with Gasteiger partial charge in [0.1, 0.15) is 11.5 Å². The van der Waals surface area contributed by atoms with Crippen LogP contribution in [-0.2, 0) is 9.84 Å². The van der Waals surface area contributed by atoms with Crippen LogP contribution in [0, 0.1) is 5.92 Å². The maximum Gasteiger partial charge on any atom is 0.282 e. The second-order valence-corrected chi connectivity index (χ2v) is 9.00. The lowest BCUT2D eigenvalue weighted by atomic mass is 9.89. The minimum atomic E-state index is -3.44. The Balaban J connectivity index is 1.97. The number of anilines is 1. The molecule has 1 fully saturated rings. The summed E-state index contributed by atoms with van der Waals surface area (Å²) in [7, 11) is -3.44. The van der Waals surface area contributed by atoms with E-state index >= 15 is 0 Å². The highest BCUT2D eigenvalue weighted by atomic mass is 32.2. The van der Waals surface area contributed by atoms with Crippen molar-refractivity contribution in [2.45, 2.75) is 43.4 Å². The number of carbonyl (C=O) groups excluding carboxylic acids is 1. The molecule has 0 aliphatic heterocycles. The fourth-order valence-electron chi connectivity index (χ4n) is 3.41. The van der Waals surface area contributed by atoms with Gasteiger partial charge in [-0.2, -0.15) is 9.78 Å². The molecule has 0 aromatic carbocycles. The van der Waals surface area contributed by atoms with E-state index in [9.17, 15) is 22.0 Å². The maximum atomic E-state index is 13.4. The second kappa shape index (κ2) is 8.34. The Bertz CT molecular complexity index is 936. The molecule has 0 amide bonds. The van der Waals surface area contributed by atoms with Crippen LogP contribution in [0.2, 0.25) is 0 Å². The molecule has 0 bridgehead atoms. The number of alkyl halides is 2. The molecule has 0 atom stereocenters. The molecular formula is C18H22F2N4O3S. The first-order valence-electron chi connectivity index (χ1n) is 9.08. The Morgan fingerprint density at radius 3 is 2.54 bits per heavy atom. The van der Waals surface area contributed by atoms with Crippen LogP contribution in [0.5, 0.6) is 0 Å². The molecule has 2 aromatic rings. The fraction of sp³-hybridized carbons (Fsp3) is 0.500. The Hall–Kier alpha value is -2.36. The van der Waals surface area contributed by atoms with Crippen molar-refractivity contribution in [3.05, 3.63) is 29.6 Å². The number of hydrogen-bond donors (Lipinski definition) is 1. The fourth-order valence-corrected chi connectivity index (χ4v) is 3.97. The number of hydrogen-bond acceptors (Lipinski definition) is 6. The summed E-state index contributed by atoms with van der Waals surface area (Å²) in [5, 5.41) is 6.97. The third-order valence-electron chi connectivity index (χ3n) is 4.92. The van der Waals surface area contributed by atoms with Crippen LogP contribution >= 0.6 is 0 Å². The van der Waals surface area contributed by atoms with Crippen LogP contribution in [0.4, 0.5) is 14.6 Å². The van der Waals surface area contributed by atoms with Crippen molar-refractivity contribution in [1.82, 2.24) is 14.8 Å². The van der Waals surface area contributed by atoms with Crippen molar-refractivity contribution in [3.63, 3.8) is 0 Å². The number of pyridine rings is 1. The predicted octanol–water partition coefficient (Wildman–Crippen LogP) is 3.41. The van der Waals surface area contributed by atoms with E-state index in [0.29, 0.717) is 18.7 Å². The van der Waals surface area contributed by atoms with Gasteiger partial charge >= 0.3 is 0 Å². The quantitative estimate of drug-likeness (QED) is 0.701. The van der Waals surface area contributed by atoms with Crippen molar-refractivity contribution in [2.24, 2.45) is 5.92 Å². The minimum Gasteiger partial charge on any atom is -0.369 e. The van der Waals surface area contributed by atoms with Crippen LogP contribution in [0.15, 0.2) is 23.2 Å². The molecule has 1 aliphatic carbocycles. The predicted molar refractivity (Wildman–Crippen MR) is 99.9 cm³/mol. The Morgan fingerprint density at radius 1 is 1.29 bits per heavy atom. The molecule has 3 rings (SSSR count). The molecule has 152 valence electrons. The molecule has 28 heavy (non-hydrogen) atoms. The zero-order valence-electron chi connectivity index (χ0n) is 15.4. The molecule has 2 aromatic heterocycles. The number of rotatable bonds is 7. The largest absolute Gasteiger partial charge is 0.369 e. The van der Waals surface area contributed by atoms with Gasteiger partial charge in [0.05, 0.1) is 10.5 Å². The molecule has 0 spiro atoms. The van der Waals surface area contributed by atoms with Crippen molar-refractivity contribution < 1.29 is 22.0 Å². The van der Waals surface area contributed by atoms with Gasteiger partial charge in [-0.05, 0) is 30.9 Å². The number of halogens is 2. The monoisotopic (exact) mass is 412 g/mol. The van der Waals surface area contributed by atoms with E-state index in [1.807, 2.05) is 0 Å². The zero-order chi connectivity index (χ0) is 20.3. The normalized spacial score (nSPS) is 15.7. The lowest BCUT2D eigenvalue weighted by molar-refractivity contribution is 0.110. The van der Waals surface area contributed by atoms with Gasteiger partial charge in [0.25, 0.3) is 6.43 Å². The number of aromatic nitrogens is 3. The summed E-state index contributed by atoms with van der Waals surface area (Å²) in [6.45, 7) is 0.538. The molecule has 7 nitrogen and oxygen atoms in total. The Labute approximate surface area is 162 Å². The van der Waals surface area contributed by atoms with Gasteiger partial charge in [0.2, 0.25) is 0 Å². The first-order chi connectivity index (χ1) is 13.3. The van der Waals surface area contributed by atoms with E-state index in [0.717, 1.165) is 42.8 Å². The van der Waals surface area contributed by atoms with Crippen LogP contribution in [0.25, 0.3) is 5.82 Å². The zero-order valence-corrected chi connectivity index (χ0v) is 16.3. The average molecular weight is 412 g/mol. The number of aldehydes is 1. The molecular weight excluding hydrogens is 390 g/mol. The van der Waals surface area contributed by atoms with E-state index in [1.54, 1.807) is 0 Å². The van der Waals surface area contributed by atoms with E-state index in [2.05, 4.69) is 15.4 Å². The van der Waals surface area contributed by atoms with Crippen molar-refractivity contribution >= 4 is 21.9 Å². The van der Waals surface area contributed by atoms with E-state index < -0.39 is 22.0 Å². The number of nitrogens with one attached hydrogen (secondary N) is 1. The van der Waals surface area contributed by atoms with Gasteiger partial charge in [0, 0.05) is 19.0 Å². The SMILES string of the molecule is CS(=O)(=O)c1ccc(-n2nc(C(F)F)c(C=O)c2NCC2CCCCC2)nc1. The van der Waals surface area contributed by atoms with Gasteiger partial charge in [0.15, 0.2) is 21.9 Å². The minimum absolute atomic E-state index is 0.00446. The van der Waals surface area contributed by atoms with Gasteiger partial charge in [-0.15, -0.1) is 0 Å². The van der Waals surface area contributed by atoms with Crippen molar-refractivity contribution in [3.8, 4) is 5.82 Å². The molecule has 1 aliphatic rings. The van der Waals surface area contributed by atoms with Crippen LogP contribution in [0.1, 0.15) is 54.6 Å². The van der Waals surface area contributed by atoms with E-state index in [1.165, 1.54) is 18.6 Å². The molecule has 0 radical (unpaired) electrons. The number of carbonyl (C=O) groups is 1. The average Bonchev–Trinajstić information content (AvgIpc) is 3.05. The smallest absolute Gasteiger partial charge is 0.282 e. The summed E-state index contributed by atoms with van der Waals surface area (Å²) in [4.78, 5) is 15.6. The number of nitrogens with zero attached hydrogens (tertiary/aromatic N) is 3. The Kier molecular flexibility index (Phi) is 6.07. The lowest BCUT2D eigenvalue weighted by Crippen LogP contribution is -2.19. The van der Waals surface area contributed by atoms with E-state index in [4.69, 9.17) is 0 Å². The van der Waals surface area contributed by atoms with Crippen molar-refractivity contribution in [1.29, 1.82) is 0 Å². The first kappa shape index (κ1) is 20.4. The van der Waals surface area contributed by atoms with Crippen LogP contribution in [-0.4, -0.2) is 42.3 Å². The summed E-state index contributed by atoms with van der Waals surface area (Å²) < 4.78 is 51.1. The summed E-state index contributed by atoms with van der Waals surface area (Å²) >= 11 is 0. The summed E-state index contributed by atoms with van der Waals surface area (Å²) in [5.41, 5.74) is -0.838. The van der Waals surface area contributed by atoms with Gasteiger partial charge < -0.3 is 5.32 Å².